The van der Waals surface area contributed by atoms with Gasteiger partial charge in [0.1, 0.15) is 0 Å². The quantitative estimate of drug-likeness (QED) is 0.614. The molecule has 0 spiro atoms. The highest BCUT2D eigenvalue weighted by atomic mass is 35.5. The summed E-state index contributed by atoms with van der Waals surface area (Å²) in [6.45, 7) is 5.10. The van der Waals surface area contributed by atoms with E-state index in [1.807, 2.05) is 28.8 Å². The molecular formula is C18H24ClN5O2S. The first-order valence-corrected chi connectivity index (χ1v) is 10.2. The maximum Gasteiger partial charge on any atom is 0.318 e. The Morgan fingerprint density at radius 3 is 2.63 bits per heavy atom. The zero-order chi connectivity index (χ0) is 19.8. The Morgan fingerprint density at radius 2 is 2.00 bits per heavy atom. The summed E-state index contributed by atoms with van der Waals surface area (Å²) < 4.78 is 2.02. The summed E-state index contributed by atoms with van der Waals surface area (Å²) in [5.74, 6) is 0.734. The van der Waals surface area contributed by atoms with E-state index in [4.69, 9.17) is 17.3 Å². The lowest BCUT2D eigenvalue weighted by Gasteiger charge is -2.15. The monoisotopic (exact) mass is 409 g/mol. The third kappa shape index (κ3) is 6.55. The molecule has 9 heteroatoms. The first kappa shape index (κ1) is 21.2. The zero-order valence-electron chi connectivity index (χ0n) is 15.4. The number of carbonyl (C=O) groups excluding carboxylic acids is 2. The molecule has 3 amide bonds. The number of carbonyl (C=O) groups is 2. The smallest absolute Gasteiger partial charge is 0.318 e. The van der Waals surface area contributed by atoms with E-state index in [0.717, 1.165) is 37.2 Å². The number of rotatable bonds is 9. The summed E-state index contributed by atoms with van der Waals surface area (Å²) in [4.78, 5) is 22.5. The van der Waals surface area contributed by atoms with Crippen LogP contribution in [0.5, 0.6) is 0 Å². The van der Waals surface area contributed by atoms with Crippen LogP contribution in [-0.4, -0.2) is 32.5 Å². The van der Waals surface area contributed by atoms with Crippen LogP contribution < -0.4 is 11.1 Å². The highest BCUT2D eigenvalue weighted by molar-refractivity contribution is 7.99. The fraction of sp³-hybridized carbons (Fsp3) is 0.444. The number of aromatic nitrogens is 3. The van der Waals surface area contributed by atoms with Crippen molar-refractivity contribution >= 4 is 35.3 Å². The number of hydrogen-bond donors (Lipinski definition) is 2. The lowest BCUT2D eigenvalue weighted by molar-refractivity contribution is -0.117. The van der Waals surface area contributed by atoms with Crippen molar-refractivity contribution in [2.24, 2.45) is 11.7 Å². The van der Waals surface area contributed by atoms with Crippen LogP contribution in [0.15, 0.2) is 29.4 Å². The molecule has 2 rings (SSSR count). The van der Waals surface area contributed by atoms with E-state index in [9.17, 15) is 9.59 Å². The Hall–Kier alpha value is -2.06. The number of primary amides is 1. The van der Waals surface area contributed by atoms with Gasteiger partial charge in [0.15, 0.2) is 11.0 Å². The molecule has 0 aliphatic heterocycles. The number of unbranched alkanes of at least 4 members (excludes halogenated alkanes) is 1. The van der Waals surface area contributed by atoms with Crippen LogP contribution in [0.1, 0.15) is 33.1 Å². The minimum absolute atomic E-state index is 0.0328. The molecule has 146 valence electrons. The van der Waals surface area contributed by atoms with Crippen LogP contribution in [-0.2, 0) is 11.3 Å². The number of halogens is 1. The van der Waals surface area contributed by atoms with Gasteiger partial charge in [0.2, 0.25) is 5.91 Å². The van der Waals surface area contributed by atoms with Crippen molar-refractivity contribution in [3.63, 3.8) is 0 Å². The predicted octanol–water partition coefficient (Wildman–Crippen LogP) is 3.71. The molecule has 0 unspecified atom stereocenters. The van der Waals surface area contributed by atoms with Crippen molar-refractivity contribution < 1.29 is 9.59 Å². The van der Waals surface area contributed by atoms with Crippen molar-refractivity contribution in [1.29, 1.82) is 0 Å². The van der Waals surface area contributed by atoms with Crippen molar-refractivity contribution in [3.05, 3.63) is 29.3 Å². The number of urea groups is 1. The van der Waals surface area contributed by atoms with Gasteiger partial charge in [0.05, 0.1) is 5.75 Å². The van der Waals surface area contributed by atoms with Gasteiger partial charge in [-0.05, 0) is 36.6 Å². The Bertz CT molecular complexity index is 779. The van der Waals surface area contributed by atoms with Gasteiger partial charge in [-0.25, -0.2) is 4.79 Å². The molecule has 0 aliphatic rings. The molecule has 0 radical (unpaired) electrons. The Labute approximate surface area is 168 Å². The third-order valence-electron chi connectivity index (χ3n) is 3.96. The Balaban J connectivity index is 2.23. The molecule has 1 atom stereocenters. The van der Waals surface area contributed by atoms with Crippen LogP contribution in [0, 0.1) is 5.92 Å². The maximum absolute atomic E-state index is 11.7. The number of nitrogens with one attached hydrogen (secondary N) is 1. The van der Waals surface area contributed by atoms with Crippen LogP contribution >= 0.6 is 23.4 Å². The summed E-state index contributed by atoms with van der Waals surface area (Å²) in [6.07, 6.45) is 3.40. The summed E-state index contributed by atoms with van der Waals surface area (Å²) in [6, 6.07) is 6.55. The van der Waals surface area contributed by atoms with Crippen LogP contribution in [0.2, 0.25) is 5.02 Å². The van der Waals surface area contributed by atoms with Crippen molar-refractivity contribution in [1.82, 2.24) is 20.1 Å². The second-order valence-corrected chi connectivity index (χ2v) is 7.75. The molecule has 1 heterocycles. The molecule has 3 N–H and O–H groups in total. The summed E-state index contributed by atoms with van der Waals surface area (Å²) in [5, 5.41) is 11.9. The topological polar surface area (TPSA) is 103 Å². The lowest BCUT2D eigenvalue weighted by Crippen LogP contribution is -2.36. The normalized spacial score (nSPS) is 12.0. The summed E-state index contributed by atoms with van der Waals surface area (Å²) in [7, 11) is 0. The number of nitrogens with two attached hydrogens (primary N) is 1. The first-order valence-electron chi connectivity index (χ1n) is 8.82. The Morgan fingerprint density at radius 1 is 1.30 bits per heavy atom. The fourth-order valence-corrected chi connectivity index (χ4v) is 3.51. The van der Waals surface area contributed by atoms with E-state index in [2.05, 4.69) is 29.4 Å². The predicted molar refractivity (Wildman–Crippen MR) is 108 cm³/mol. The Kier molecular flexibility index (Phi) is 8.12. The highest BCUT2D eigenvalue weighted by Gasteiger charge is 2.18. The van der Waals surface area contributed by atoms with E-state index in [0.29, 0.717) is 16.1 Å². The molecule has 1 aromatic heterocycles. The van der Waals surface area contributed by atoms with E-state index < -0.39 is 11.9 Å². The van der Waals surface area contributed by atoms with Gasteiger partial charge in [-0.15, -0.1) is 10.2 Å². The second kappa shape index (κ2) is 10.3. The zero-order valence-corrected chi connectivity index (χ0v) is 17.0. The molecule has 0 saturated carbocycles. The molecule has 0 saturated heterocycles. The van der Waals surface area contributed by atoms with E-state index in [1.165, 1.54) is 11.8 Å². The standard InChI is InChI=1S/C18H24ClN5O2S/c1-3-4-5-12(2)10-24-16(13-6-8-14(19)9-7-13)22-23-18(24)27-11-15(25)21-17(20)26/h6-9,12H,3-5,10-11H2,1-2H3,(H3,20,21,25,26)/t12-/m0/s1. The SMILES string of the molecule is CCCC[C@H](C)Cn1c(SCC(=O)NC(N)=O)nnc1-c1ccc(Cl)cc1. The van der Waals surface area contributed by atoms with Gasteiger partial charge in [-0.2, -0.15) is 0 Å². The van der Waals surface area contributed by atoms with Gasteiger partial charge in [0, 0.05) is 17.1 Å². The molecule has 0 aliphatic carbocycles. The van der Waals surface area contributed by atoms with Crippen LogP contribution in [0.4, 0.5) is 4.79 Å². The van der Waals surface area contributed by atoms with Gasteiger partial charge in [-0.1, -0.05) is 50.1 Å². The van der Waals surface area contributed by atoms with E-state index in [-0.39, 0.29) is 5.75 Å². The summed E-state index contributed by atoms with van der Waals surface area (Å²) in [5.41, 5.74) is 5.88. The molecular weight excluding hydrogens is 386 g/mol. The molecule has 7 nitrogen and oxygen atoms in total. The maximum atomic E-state index is 11.7. The van der Waals surface area contributed by atoms with Gasteiger partial charge >= 0.3 is 6.03 Å². The van der Waals surface area contributed by atoms with E-state index >= 15 is 0 Å². The van der Waals surface area contributed by atoms with Gasteiger partial charge in [-0.3, -0.25) is 10.1 Å². The average Bonchev–Trinajstić information content (AvgIpc) is 3.01. The van der Waals surface area contributed by atoms with Crippen molar-refractivity contribution in [2.75, 3.05) is 5.75 Å². The highest BCUT2D eigenvalue weighted by Crippen LogP contribution is 2.27. The molecule has 0 fully saturated rings. The second-order valence-electron chi connectivity index (χ2n) is 6.37. The number of hydrogen-bond acceptors (Lipinski definition) is 5. The fourth-order valence-electron chi connectivity index (χ4n) is 2.63. The molecule has 0 bridgehead atoms. The molecule has 1 aromatic carbocycles. The number of amides is 3. The molecule has 2 aromatic rings. The molecule has 27 heavy (non-hydrogen) atoms. The number of imide groups is 1. The van der Waals surface area contributed by atoms with Crippen molar-refractivity contribution in [2.45, 2.75) is 44.8 Å². The number of thioether (sulfide) groups is 1. The van der Waals surface area contributed by atoms with Gasteiger partial charge < -0.3 is 10.3 Å². The lowest BCUT2D eigenvalue weighted by atomic mass is 10.0. The van der Waals surface area contributed by atoms with Gasteiger partial charge in [0.25, 0.3) is 0 Å². The van der Waals surface area contributed by atoms with Crippen molar-refractivity contribution in [3.8, 4) is 11.4 Å². The minimum atomic E-state index is -0.864. The average molecular weight is 410 g/mol. The summed E-state index contributed by atoms with van der Waals surface area (Å²) >= 11 is 7.21. The largest absolute Gasteiger partial charge is 0.351 e. The third-order valence-corrected chi connectivity index (χ3v) is 5.18. The van der Waals surface area contributed by atoms with Crippen LogP contribution in [0.25, 0.3) is 11.4 Å². The number of benzene rings is 1. The van der Waals surface area contributed by atoms with E-state index in [1.54, 1.807) is 0 Å². The number of nitrogens with zero attached hydrogens (tertiary/aromatic N) is 3. The first-order chi connectivity index (χ1) is 12.9. The van der Waals surface area contributed by atoms with Crippen LogP contribution in [0.3, 0.4) is 0 Å². The minimum Gasteiger partial charge on any atom is -0.351 e.